The van der Waals surface area contributed by atoms with Crippen LogP contribution in [0.4, 0.5) is 0 Å². The Labute approximate surface area is 164 Å². The molecular weight excluding hydrogens is 390 g/mol. The molecule has 0 aliphatic heterocycles. The van der Waals surface area contributed by atoms with Gasteiger partial charge in [-0.2, -0.15) is 4.72 Å². The Morgan fingerprint density at radius 1 is 1.07 bits per heavy atom. The molecule has 2 aromatic carbocycles. The molecule has 0 radical (unpaired) electrons. The van der Waals surface area contributed by atoms with Crippen LogP contribution < -0.4 is 9.46 Å². The molecule has 0 aliphatic rings. The number of sulfonamides is 1. The summed E-state index contributed by atoms with van der Waals surface area (Å²) >= 11 is 5.85. The number of ether oxygens (including phenoxy) is 2. The van der Waals surface area contributed by atoms with E-state index >= 15 is 0 Å². The van der Waals surface area contributed by atoms with Crippen LogP contribution >= 0.6 is 11.6 Å². The number of esters is 1. The molecule has 146 valence electrons. The quantitative estimate of drug-likeness (QED) is 0.506. The minimum atomic E-state index is -3.91. The molecule has 0 aliphatic carbocycles. The van der Waals surface area contributed by atoms with Crippen molar-refractivity contribution in [1.82, 2.24) is 4.72 Å². The van der Waals surface area contributed by atoms with Gasteiger partial charge in [-0.15, -0.1) is 0 Å². The third-order valence-electron chi connectivity index (χ3n) is 3.65. The third kappa shape index (κ3) is 6.53. The molecule has 27 heavy (non-hydrogen) atoms. The number of carbonyl (C=O) groups excluding carboxylic acids is 1. The molecule has 0 unspecified atom stereocenters. The first-order valence-corrected chi connectivity index (χ1v) is 10.3. The zero-order valence-corrected chi connectivity index (χ0v) is 16.7. The van der Waals surface area contributed by atoms with Gasteiger partial charge in [-0.3, -0.25) is 4.79 Å². The van der Waals surface area contributed by atoms with Gasteiger partial charge >= 0.3 is 5.97 Å². The van der Waals surface area contributed by atoms with E-state index in [1.807, 2.05) is 18.2 Å². The van der Waals surface area contributed by atoms with Gasteiger partial charge in [0.1, 0.15) is 25.0 Å². The Morgan fingerprint density at radius 2 is 1.78 bits per heavy atom. The minimum Gasteiger partial charge on any atom is -0.490 e. The Kier molecular flexibility index (Phi) is 7.65. The van der Waals surface area contributed by atoms with Gasteiger partial charge in [0.2, 0.25) is 10.0 Å². The second-order valence-corrected chi connectivity index (χ2v) is 8.28. The highest BCUT2D eigenvalue weighted by Gasteiger charge is 2.29. The van der Waals surface area contributed by atoms with E-state index in [1.165, 1.54) is 18.2 Å². The molecule has 0 saturated heterocycles. The van der Waals surface area contributed by atoms with Crippen molar-refractivity contribution in [2.24, 2.45) is 5.92 Å². The zero-order chi connectivity index (χ0) is 19.9. The number of hydrogen-bond donors (Lipinski definition) is 1. The van der Waals surface area contributed by atoms with Gasteiger partial charge in [0.25, 0.3) is 0 Å². The van der Waals surface area contributed by atoms with E-state index < -0.39 is 22.0 Å². The molecule has 0 saturated carbocycles. The molecule has 1 N–H and O–H groups in total. The molecule has 0 amide bonds. The maximum atomic E-state index is 12.5. The van der Waals surface area contributed by atoms with Crippen molar-refractivity contribution < 1.29 is 22.7 Å². The molecule has 0 bridgehead atoms. The first-order chi connectivity index (χ1) is 12.8. The van der Waals surface area contributed by atoms with Crippen molar-refractivity contribution in [2.45, 2.75) is 24.8 Å². The van der Waals surface area contributed by atoms with Gasteiger partial charge in [0.15, 0.2) is 0 Å². The fourth-order valence-corrected chi connectivity index (χ4v) is 3.87. The summed E-state index contributed by atoms with van der Waals surface area (Å²) < 4.78 is 38.1. The molecule has 0 fully saturated rings. The standard InChI is InChI=1S/C19H22ClNO5S/c1-14(2)18(21-27(23,24)17-10-6-7-15(20)13-17)19(22)26-12-11-25-16-8-4-3-5-9-16/h3-10,13-14,18,21H,11-12H2,1-2H3/t18-/m0/s1. The van der Waals surface area contributed by atoms with Crippen LogP contribution in [0.1, 0.15) is 13.8 Å². The van der Waals surface area contributed by atoms with E-state index in [2.05, 4.69) is 4.72 Å². The zero-order valence-electron chi connectivity index (χ0n) is 15.1. The number of nitrogens with one attached hydrogen (secondary N) is 1. The van der Waals surface area contributed by atoms with E-state index in [4.69, 9.17) is 21.1 Å². The Bertz CT molecular complexity index is 855. The van der Waals surface area contributed by atoms with Crippen molar-refractivity contribution in [3.63, 3.8) is 0 Å². The average molecular weight is 412 g/mol. The SMILES string of the molecule is CC(C)[C@H](NS(=O)(=O)c1cccc(Cl)c1)C(=O)OCCOc1ccccc1. The van der Waals surface area contributed by atoms with Crippen LogP contribution in [-0.2, 0) is 19.6 Å². The van der Waals surface area contributed by atoms with Gasteiger partial charge in [0.05, 0.1) is 4.90 Å². The lowest BCUT2D eigenvalue weighted by Crippen LogP contribution is -2.45. The number of hydrogen-bond acceptors (Lipinski definition) is 5. The average Bonchev–Trinajstić information content (AvgIpc) is 2.64. The van der Waals surface area contributed by atoms with Crippen LogP contribution in [0.15, 0.2) is 59.5 Å². The van der Waals surface area contributed by atoms with Gasteiger partial charge in [0, 0.05) is 5.02 Å². The fraction of sp³-hybridized carbons (Fsp3) is 0.316. The molecule has 2 rings (SSSR count). The molecule has 2 aromatic rings. The van der Waals surface area contributed by atoms with Crippen LogP contribution in [0.3, 0.4) is 0 Å². The molecular formula is C19H22ClNO5S. The van der Waals surface area contributed by atoms with Crippen LogP contribution in [0, 0.1) is 5.92 Å². The highest BCUT2D eigenvalue weighted by molar-refractivity contribution is 7.89. The number of carbonyl (C=O) groups is 1. The predicted molar refractivity (Wildman–Crippen MR) is 103 cm³/mol. The molecule has 6 nitrogen and oxygen atoms in total. The monoisotopic (exact) mass is 411 g/mol. The van der Waals surface area contributed by atoms with Crippen LogP contribution in [0.5, 0.6) is 5.75 Å². The lowest BCUT2D eigenvalue weighted by atomic mass is 10.1. The third-order valence-corrected chi connectivity index (χ3v) is 5.32. The molecule has 0 heterocycles. The topological polar surface area (TPSA) is 81.7 Å². The molecule has 1 atom stereocenters. The summed E-state index contributed by atoms with van der Waals surface area (Å²) in [6.07, 6.45) is 0. The predicted octanol–water partition coefficient (Wildman–Crippen LogP) is 3.27. The molecule has 8 heteroatoms. The minimum absolute atomic E-state index is 0.00976. The van der Waals surface area contributed by atoms with Gasteiger partial charge in [-0.05, 0) is 36.2 Å². The number of halogens is 1. The number of benzene rings is 2. The summed E-state index contributed by atoms with van der Waals surface area (Å²) in [6, 6.07) is 13.9. The van der Waals surface area contributed by atoms with E-state index in [0.717, 1.165) is 0 Å². The van der Waals surface area contributed by atoms with Crippen LogP contribution in [0.25, 0.3) is 0 Å². The summed E-state index contributed by atoms with van der Waals surface area (Å²) in [5.41, 5.74) is 0. The largest absolute Gasteiger partial charge is 0.490 e. The highest BCUT2D eigenvalue weighted by Crippen LogP contribution is 2.17. The summed E-state index contributed by atoms with van der Waals surface area (Å²) in [6.45, 7) is 3.64. The first kappa shape index (κ1) is 21.2. The summed E-state index contributed by atoms with van der Waals surface area (Å²) in [5.74, 6) is -0.301. The van der Waals surface area contributed by atoms with Gasteiger partial charge in [-0.1, -0.05) is 49.7 Å². The van der Waals surface area contributed by atoms with Crippen molar-refractivity contribution in [3.05, 3.63) is 59.6 Å². The highest BCUT2D eigenvalue weighted by atomic mass is 35.5. The second-order valence-electron chi connectivity index (χ2n) is 6.13. The normalized spacial score (nSPS) is 12.6. The van der Waals surface area contributed by atoms with Crippen molar-refractivity contribution in [1.29, 1.82) is 0 Å². The van der Waals surface area contributed by atoms with E-state index in [1.54, 1.807) is 32.0 Å². The maximum absolute atomic E-state index is 12.5. The summed E-state index contributed by atoms with van der Waals surface area (Å²) in [4.78, 5) is 12.3. The van der Waals surface area contributed by atoms with E-state index in [0.29, 0.717) is 10.8 Å². The van der Waals surface area contributed by atoms with Crippen LogP contribution in [-0.4, -0.2) is 33.6 Å². The Balaban J connectivity index is 1.94. The Hall–Kier alpha value is -2.09. The van der Waals surface area contributed by atoms with E-state index in [9.17, 15) is 13.2 Å². The molecule has 0 spiro atoms. The first-order valence-electron chi connectivity index (χ1n) is 8.42. The lowest BCUT2D eigenvalue weighted by molar-refractivity contribution is -0.147. The smallest absolute Gasteiger partial charge is 0.324 e. The maximum Gasteiger partial charge on any atom is 0.324 e. The van der Waals surface area contributed by atoms with E-state index in [-0.39, 0.29) is 24.0 Å². The summed E-state index contributed by atoms with van der Waals surface area (Å²) in [5, 5.41) is 0.291. The van der Waals surface area contributed by atoms with Gasteiger partial charge < -0.3 is 9.47 Å². The number of rotatable bonds is 9. The summed E-state index contributed by atoms with van der Waals surface area (Å²) in [7, 11) is -3.91. The molecule has 0 aromatic heterocycles. The van der Waals surface area contributed by atoms with Crippen LogP contribution in [0.2, 0.25) is 5.02 Å². The van der Waals surface area contributed by atoms with Crippen molar-refractivity contribution in [3.8, 4) is 5.75 Å². The second kappa shape index (κ2) is 9.73. The Morgan fingerprint density at radius 3 is 2.41 bits per heavy atom. The lowest BCUT2D eigenvalue weighted by Gasteiger charge is -2.21. The number of para-hydroxylation sites is 1. The fourth-order valence-electron chi connectivity index (χ4n) is 2.23. The van der Waals surface area contributed by atoms with Crippen molar-refractivity contribution >= 4 is 27.6 Å². The van der Waals surface area contributed by atoms with Gasteiger partial charge in [-0.25, -0.2) is 8.42 Å². The van der Waals surface area contributed by atoms with Crippen molar-refractivity contribution in [2.75, 3.05) is 13.2 Å².